The number of carbonyl (C=O) groups excluding carboxylic acids is 1. The van der Waals surface area contributed by atoms with Crippen LogP contribution in [0.2, 0.25) is 0 Å². The zero-order valence-electron chi connectivity index (χ0n) is 10.6. The second-order valence-electron chi connectivity index (χ2n) is 5.40. The van der Waals surface area contributed by atoms with Gasteiger partial charge in [0, 0.05) is 18.0 Å². The quantitative estimate of drug-likeness (QED) is 0.790. The van der Waals surface area contributed by atoms with Gasteiger partial charge in [0.25, 0.3) is 0 Å². The molecule has 1 heterocycles. The number of hydrogen-bond donors (Lipinski definition) is 2. The maximum absolute atomic E-state index is 10.9. The maximum atomic E-state index is 10.9. The highest BCUT2D eigenvalue weighted by molar-refractivity contribution is 5.74. The number of nitrogens with zero attached hydrogens (tertiary/aromatic N) is 1. The molecule has 0 radical (unpaired) electrons. The van der Waals surface area contributed by atoms with Gasteiger partial charge in [-0.3, -0.25) is 9.89 Å². The van der Waals surface area contributed by atoms with Gasteiger partial charge in [0.05, 0.1) is 5.69 Å². The summed E-state index contributed by atoms with van der Waals surface area (Å²) >= 11 is 0. The molecule has 1 aromatic heterocycles. The number of amides is 1. The van der Waals surface area contributed by atoms with Crippen LogP contribution < -0.4 is 5.73 Å². The van der Waals surface area contributed by atoms with Crippen molar-refractivity contribution in [2.24, 2.45) is 11.7 Å². The Morgan fingerprint density at radius 3 is 2.76 bits per heavy atom. The van der Waals surface area contributed by atoms with Gasteiger partial charge in [-0.25, -0.2) is 0 Å². The van der Waals surface area contributed by atoms with Crippen molar-refractivity contribution in [2.75, 3.05) is 0 Å². The Morgan fingerprint density at radius 2 is 2.24 bits per heavy atom. The molecule has 2 rings (SSSR count). The van der Waals surface area contributed by atoms with Crippen LogP contribution in [0.3, 0.4) is 0 Å². The molecular weight excluding hydrogens is 214 g/mol. The van der Waals surface area contributed by atoms with E-state index in [0.29, 0.717) is 18.3 Å². The van der Waals surface area contributed by atoms with Gasteiger partial charge >= 0.3 is 0 Å². The molecule has 94 valence electrons. The lowest BCUT2D eigenvalue weighted by Gasteiger charge is -2.06. The average Bonchev–Trinajstić information content (AvgIpc) is 2.99. The number of aromatic amines is 1. The normalized spacial score (nSPS) is 15.5. The summed E-state index contributed by atoms with van der Waals surface area (Å²) in [7, 11) is 0. The standard InChI is InChI=1S/C13H21N3O/c1-8(2)7-11-10(5-6-12(14)17)13(16-15-11)9-3-4-9/h8-9H,3-7H2,1-2H3,(H2,14,17)(H,15,16). The molecule has 4 heteroatoms. The monoisotopic (exact) mass is 235 g/mol. The van der Waals surface area contributed by atoms with Crippen molar-refractivity contribution in [3.05, 3.63) is 17.0 Å². The van der Waals surface area contributed by atoms with Crippen molar-refractivity contribution >= 4 is 5.91 Å². The lowest BCUT2D eigenvalue weighted by molar-refractivity contribution is -0.117. The summed E-state index contributed by atoms with van der Waals surface area (Å²) < 4.78 is 0. The zero-order valence-corrected chi connectivity index (χ0v) is 10.6. The smallest absolute Gasteiger partial charge is 0.217 e. The molecule has 1 aliphatic carbocycles. The number of aromatic nitrogens is 2. The number of primary amides is 1. The molecule has 0 bridgehead atoms. The fraction of sp³-hybridized carbons (Fsp3) is 0.692. The minimum Gasteiger partial charge on any atom is -0.370 e. The van der Waals surface area contributed by atoms with E-state index >= 15 is 0 Å². The molecule has 3 N–H and O–H groups in total. The fourth-order valence-corrected chi connectivity index (χ4v) is 2.22. The molecule has 17 heavy (non-hydrogen) atoms. The SMILES string of the molecule is CC(C)Cc1[nH]nc(C2CC2)c1CCC(N)=O. The van der Waals surface area contributed by atoms with E-state index in [2.05, 4.69) is 24.0 Å². The summed E-state index contributed by atoms with van der Waals surface area (Å²) in [6.07, 6.45) is 4.61. The van der Waals surface area contributed by atoms with E-state index in [0.717, 1.165) is 12.8 Å². The molecule has 1 fully saturated rings. The summed E-state index contributed by atoms with van der Waals surface area (Å²) in [6.45, 7) is 4.38. The highest BCUT2D eigenvalue weighted by Crippen LogP contribution is 2.41. The molecule has 0 unspecified atom stereocenters. The Kier molecular flexibility index (Phi) is 3.50. The van der Waals surface area contributed by atoms with Crippen molar-refractivity contribution in [1.82, 2.24) is 10.2 Å². The Balaban J connectivity index is 2.16. The van der Waals surface area contributed by atoms with Crippen molar-refractivity contribution in [1.29, 1.82) is 0 Å². The van der Waals surface area contributed by atoms with Gasteiger partial charge in [0.2, 0.25) is 5.91 Å². The van der Waals surface area contributed by atoms with E-state index in [4.69, 9.17) is 5.73 Å². The van der Waals surface area contributed by atoms with Crippen LogP contribution >= 0.6 is 0 Å². The summed E-state index contributed by atoms with van der Waals surface area (Å²) in [5, 5.41) is 7.58. The summed E-state index contributed by atoms with van der Waals surface area (Å²) in [5.74, 6) is 0.980. The molecule has 1 aromatic rings. The van der Waals surface area contributed by atoms with Crippen LogP contribution in [0, 0.1) is 5.92 Å². The Hall–Kier alpha value is -1.32. The molecule has 1 aliphatic rings. The van der Waals surface area contributed by atoms with Gasteiger partial charge in [0.15, 0.2) is 0 Å². The van der Waals surface area contributed by atoms with E-state index in [9.17, 15) is 4.79 Å². The number of carbonyl (C=O) groups is 1. The topological polar surface area (TPSA) is 71.8 Å². The zero-order chi connectivity index (χ0) is 12.4. The average molecular weight is 235 g/mol. The number of nitrogens with two attached hydrogens (primary N) is 1. The second kappa shape index (κ2) is 4.90. The van der Waals surface area contributed by atoms with Gasteiger partial charge in [-0.1, -0.05) is 13.8 Å². The molecule has 0 atom stereocenters. The lowest BCUT2D eigenvalue weighted by Crippen LogP contribution is -2.12. The van der Waals surface area contributed by atoms with Gasteiger partial charge < -0.3 is 5.73 Å². The predicted octanol–water partition coefficient (Wildman–Crippen LogP) is 1.90. The van der Waals surface area contributed by atoms with Crippen LogP contribution in [0.25, 0.3) is 0 Å². The number of rotatable bonds is 6. The van der Waals surface area contributed by atoms with Crippen LogP contribution in [0.15, 0.2) is 0 Å². The van der Waals surface area contributed by atoms with E-state index in [-0.39, 0.29) is 5.91 Å². The maximum Gasteiger partial charge on any atom is 0.217 e. The van der Waals surface area contributed by atoms with E-state index in [1.165, 1.54) is 29.8 Å². The molecule has 4 nitrogen and oxygen atoms in total. The first-order valence-corrected chi connectivity index (χ1v) is 6.42. The Labute approximate surface area is 102 Å². The van der Waals surface area contributed by atoms with Gasteiger partial charge in [0.1, 0.15) is 0 Å². The van der Waals surface area contributed by atoms with Crippen molar-refractivity contribution in [3.63, 3.8) is 0 Å². The van der Waals surface area contributed by atoms with Crippen LogP contribution in [0.1, 0.15) is 56.0 Å². The molecule has 1 saturated carbocycles. The first kappa shape index (κ1) is 12.1. The summed E-state index contributed by atoms with van der Waals surface area (Å²) in [4.78, 5) is 10.9. The highest BCUT2D eigenvalue weighted by Gasteiger charge is 2.30. The fourth-order valence-electron chi connectivity index (χ4n) is 2.22. The first-order chi connectivity index (χ1) is 8.08. The number of nitrogens with one attached hydrogen (secondary N) is 1. The van der Waals surface area contributed by atoms with E-state index in [1.807, 2.05) is 0 Å². The molecule has 1 amide bonds. The summed E-state index contributed by atoms with van der Waals surface area (Å²) in [6, 6.07) is 0. The lowest BCUT2D eigenvalue weighted by atomic mass is 9.98. The van der Waals surface area contributed by atoms with Crippen LogP contribution in [0.5, 0.6) is 0 Å². The second-order valence-corrected chi connectivity index (χ2v) is 5.40. The summed E-state index contributed by atoms with van der Waals surface area (Å²) in [5.41, 5.74) is 8.86. The third-order valence-corrected chi connectivity index (χ3v) is 3.18. The molecule has 0 aliphatic heterocycles. The predicted molar refractivity (Wildman–Crippen MR) is 66.6 cm³/mol. The van der Waals surface area contributed by atoms with Crippen LogP contribution in [0.4, 0.5) is 0 Å². The third kappa shape index (κ3) is 3.08. The molecule has 0 saturated heterocycles. The minimum atomic E-state index is -0.233. The van der Waals surface area contributed by atoms with Crippen LogP contribution in [-0.2, 0) is 17.6 Å². The van der Waals surface area contributed by atoms with Gasteiger partial charge in [-0.2, -0.15) is 5.10 Å². The molecular formula is C13H21N3O. The van der Waals surface area contributed by atoms with Crippen molar-refractivity contribution in [2.45, 2.75) is 51.9 Å². The molecule has 0 spiro atoms. The largest absolute Gasteiger partial charge is 0.370 e. The van der Waals surface area contributed by atoms with Crippen LogP contribution in [-0.4, -0.2) is 16.1 Å². The Morgan fingerprint density at radius 1 is 1.53 bits per heavy atom. The van der Waals surface area contributed by atoms with E-state index < -0.39 is 0 Å². The van der Waals surface area contributed by atoms with Crippen molar-refractivity contribution in [3.8, 4) is 0 Å². The number of H-pyrrole nitrogens is 1. The highest BCUT2D eigenvalue weighted by atomic mass is 16.1. The van der Waals surface area contributed by atoms with Gasteiger partial charge in [-0.05, 0) is 37.2 Å². The number of hydrogen-bond acceptors (Lipinski definition) is 2. The Bertz CT molecular complexity index is 405. The minimum absolute atomic E-state index is 0.233. The van der Waals surface area contributed by atoms with Gasteiger partial charge in [-0.15, -0.1) is 0 Å². The van der Waals surface area contributed by atoms with Crippen molar-refractivity contribution < 1.29 is 4.79 Å². The van der Waals surface area contributed by atoms with E-state index in [1.54, 1.807) is 0 Å². The molecule has 0 aromatic carbocycles. The first-order valence-electron chi connectivity index (χ1n) is 6.42. The third-order valence-electron chi connectivity index (χ3n) is 3.18.